The fraction of sp³-hybridized carbons (Fsp3) is 0.417. The molecule has 1 aliphatic carbocycles. The summed E-state index contributed by atoms with van der Waals surface area (Å²) in [6, 6.07) is 0. The van der Waals surface area contributed by atoms with Crippen LogP contribution in [0.1, 0.15) is 23.4 Å². The molecule has 0 radical (unpaired) electrons. The van der Waals surface area contributed by atoms with Crippen LogP contribution in [0.4, 0.5) is 5.82 Å². The van der Waals surface area contributed by atoms with Crippen LogP contribution < -0.4 is 5.32 Å². The van der Waals surface area contributed by atoms with E-state index in [9.17, 15) is 0 Å². The van der Waals surface area contributed by atoms with Crippen molar-refractivity contribution in [1.29, 1.82) is 0 Å². The summed E-state index contributed by atoms with van der Waals surface area (Å²) in [6.07, 6.45) is 9.53. The SMILES string of the molecule is c1nc2c(c(NCCc3cnc[nH]3)n1)CCC2. The maximum absolute atomic E-state index is 4.32. The van der Waals surface area contributed by atoms with Gasteiger partial charge in [-0.05, 0) is 19.3 Å². The molecule has 0 spiro atoms. The zero-order valence-corrected chi connectivity index (χ0v) is 9.61. The third-order valence-electron chi connectivity index (χ3n) is 3.12. The fourth-order valence-corrected chi connectivity index (χ4v) is 2.25. The number of rotatable bonds is 4. The van der Waals surface area contributed by atoms with Gasteiger partial charge < -0.3 is 10.3 Å². The van der Waals surface area contributed by atoms with E-state index in [1.165, 1.54) is 17.7 Å². The average Bonchev–Trinajstić information content (AvgIpc) is 2.99. The first kappa shape index (κ1) is 10.3. The van der Waals surface area contributed by atoms with Crippen molar-refractivity contribution in [3.63, 3.8) is 0 Å². The Labute approximate surface area is 99.7 Å². The first-order valence-corrected chi connectivity index (χ1v) is 5.97. The molecule has 17 heavy (non-hydrogen) atoms. The number of aromatic amines is 1. The van der Waals surface area contributed by atoms with Gasteiger partial charge in [-0.1, -0.05) is 0 Å². The van der Waals surface area contributed by atoms with Gasteiger partial charge in [0.1, 0.15) is 12.1 Å². The zero-order chi connectivity index (χ0) is 11.5. The van der Waals surface area contributed by atoms with Gasteiger partial charge in [0.2, 0.25) is 0 Å². The Morgan fingerprint density at radius 2 is 2.29 bits per heavy atom. The van der Waals surface area contributed by atoms with Crippen LogP contribution in [0.15, 0.2) is 18.9 Å². The molecule has 0 amide bonds. The molecule has 5 nitrogen and oxygen atoms in total. The molecule has 0 unspecified atom stereocenters. The molecule has 2 aromatic heterocycles. The van der Waals surface area contributed by atoms with E-state index in [1.54, 1.807) is 12.7 Å². The molecule has 0 bridgehead atoms. The monoisotopic (exact) mass is 229 g/mol. The summed E-state index contributed by atoms with van der Waals surface area (Å²) in [5, 5.41) is 3.38. The first-order valence-electron chi connectivity index (χ1n) is 5.97. The number of hydrogen-bond donors (Lipinski definition) is 2. The van der Waals surface area contributed by atoms with Gasteiger partial charge in [0, 0.05) is 36.1 Å². The van der Waals surface area contributed by atoms with Crippen molar-refractivity contribution in [3.8, 4) is 0 Å². The second-order valence-electron chi connectivity index (χ2n) is 4.25. The Hall–Kier alpha value is -1.91. The van der Waals surface area contributed by atoms with Crippen LogP contribution in [0.5, 0.6) is 0 Å². The van der Waals surface area contributed by atoms with E-state index >= 15 is 0 Å². The van der Waals surface area contributed by atoms with Gasteiger partial charge in [-0.2, -0.15) is 0 Å². The number of nitrogens with one attached hydrogen (secondary N) is 2. The van der Waals surface area contributed by atoms with Gasteiger partial charge in [-0.25, -0.2) is 15.0 Å². The summed E-state index contributed by atoms with van der Waals surface area (Å²) in [4.78, 5) is 15.7. The van der Waals surface area contributed by atoms with Crippen molar-refractivity contribution in [2.75, 3.05) is 11.9 Å². The van der Waals surface area contributed by atoms with Gasteiger partial charge in [0.05, 0.1) is 6.33 Å². The Bertz CT molecular complexity index is 492. The third kappa shape index (κ3) is 2.13. The van der Waals surface area contributed by atoms with E-state index in [0.29, 0.717) is 0 Å². The van der Waals surface area contributed by atoms with E-state index in [-0.39, 0.29) is 0 Å². The minimum absolute atomic E-state index is 0.867. The first-order chi connectivity index (χ1) is 8.43. The molecular formula is C12H15N5. The van der Waals surface area contributed by atoms with E-state index in [4.69, 9.17) is 0 Å². The van der Waals surface area contributed by atoms with Gasteiger partial charge in [-0.15, -0.1) is 0 Å². The maximum Gasteiger partial charge on any atom is 0.132 e. The van der Waals surface area contributed by atoms with Crippen LogP contribution >= 0.6 is 0 Å². The minimum Gasteiger partial charge on any atom is -0.369 e. The Kier molecular flexibility index (Phi) is 2.73. The number of aryl methyl sites for hydroxylation is 1. The standard InChI is InChI=1S/C12H15N5/c1-2-10-11(3-1)16-8-17-12(10)14-5-4-9-6-13-7-15-9/h6-8H,1-5H2,(H,13,15)(H,14,16,17). The molecule has 0 aliphatic heterocycles. The smallest absolute Gasteiger partial charge is 0.132 e. The molecule has 0 fully saturated rings. The van der Waals surface area contributed by atoms with Crippen LogP contribution in [0.2, 0.25) is 0 Å². The summed E-state index contributed by atoms with van der Waals surface area (Å²) in [5.41, 5.74) is 3.66. The summed E-state index contributed by atoms with van der Waals surface area (Å²) in [7, 11) is 0. The minimum atomic E-state index is 0.867. The van der Waals surface area contributed by atoms with Crippen molar-refractivity contribution in [2.45, 2.75) is 25.7 Å². The molecule has 3 rings (SSSR count). The maximum atomic E-state index is 4.32. The lowest BCUT2D eigenvalue weighted by Crippen LogP contribution is -2.09. The van der Waals surface area contributed by atoms with Crippen molar-refractivity contribution in [3.05, 3.63) is 35.8 Å². The predicted octanol–water partition coefficient (Wildman–Crippen LogP) is 1.34. The molecular weight excluding hydrogens is 214 g/mol. The Morgan fingerprint density at radius 1 is 1.29 bits per heavy atom. The van der Waals surface area contributed by atoms with E-state index in [2.05, 4.69) is 25.3 Å². The summed E-state index contributed by atoms with van der Waals surface area (Å²) < 4.78 is 0. The second-order valence-corrected chi connectivity index (χ2v) is 4.25. The molecule has 2 aromatic rings. The number of H-pyrrole nitrogens is 1. The van der Waals surface area contributed by atoms with Crippen LogP contribution in [0, 0.1) is 0 Å². The highest BCUT2D eigenvalue weighted by atomic mass is 15.0. The Balaban J connectivity index is 1.64. The van der Waals surface area contributed by atoms with Gasteiger partial charge in [0.25, 0.3) is 0 Å². The highest BCUT2D eigenvalue weighted by Crippen LogP contribution is 2.24. The normalized spacial score (nSPS) is 13.6. The molecule has 2 N–H and O–H groups in total. The molecule has 1 aliphatic rings. The van der Waals surface area contributed by atoms with Gasteiger partial charge >= 0.3 is 0 Å². The quantitative estimate of drug-likeness (QED) is 0.830. The van der Waals surface area contributed by atoms with E-state index in [0.717, 1.165) is 37.3 Å². The Morgan fingerprint density at radius 3 is 3.18 bits per heavy atom. The van der Waals surface area contributed by atoms with Crippen molar-refractivity contribution < 1.29 is 0 Å². The summed E-state index contributed by atoms with van der Waals surface area (Å²) in [5.74, 6) is 1.01. The largest absolute Gasteiger partial charge is 0.369 e. The lowest BCUT2D eigenvalue weighted by molar-refractivity contribution is 0.899. The predicted molar refractivity (Wildman–Crippen MR) is 64.8 cm³/mol. The summed E-state index contributed by atoms with van der Waals surface area (Å²) in [6.45, 7) is 0.867. The van der Waals surface area contributed by atoms with Crippen LogP contribution in [-0.4, -0.2) is 26.5 Å². The number of anilines is 1. The third-order valence-corrected chi connectivity index (χ3v) is 3.12. The van der Waals surface area contributed by atoms with E-state index in [1.807, 2.05) is 6.20 Å². The highest BCUT2D eigenvalue weighted by molar-refractivity contribution is 5.47. The van der Waals surface area contributed by atoms with E-state index < -0.39 is 0 Å². The molecule has 2 heterocycles. The average molecular weight is 229 g/mol. The van der Waals surface area contributed by atoms with Crippen LogP contribution in [0.25, 0.3) is 0 Å². The molecule has 88 valence electrons. The fourth-order valence-electron chi connectivity index (χ4n) is 2.25. The molecule has 5 heteroatoms. The van der Waals surface area contributed by atoms with Crippen LogP contribution in [-0.2, 0) is 19.3 Å². The lowest BCUT2D eigenvalue weighted by atomic mass is 10.2. The molecule has 0 saturated carbocycles. The number of nitrogens with zero attached hydrogens (tertiary/aromatic N) is 3. The number of hydrogen-bond acceptors (Lipinski definition) is 4. The lowest BCUT2D eigenvalue weighted by Gasteiger charge is -2.08. The van der Waals surface area contributed by atoms with Gasteiger partial charge in [0.15, 0.2) is 0 Å². The summed E-state index contributed by atoms with van der Waals surface area (Å²) >= 11 is 0. The van der Waals surface area contributed by atoms with Crippen LogP contribution in [0.3, 0.4) is 0 Å². The number of aromatic nitrogens is 4. The molecule has 0 saturated heterocycles. The zero-order valence-electron chi connectivity index (χ0n) is 9.61. The van der Waals surface area contributed by atoms with Crippen molar-refractivity contribution in [1.82, 2.24) is 19.9 Å². The second kappa shape index (κ2) is 4.53. The molecule has 0 aromatic carbocycles. The number of imidazole rings is 1. The van der Waals surface area contributed by atoms with Gasteiger partial charge in [-0.3, -0.25) is 0 Å². The topological polar surface area (TPSA) is 66.5 Å². The molecule has 0 atom stereocenters. The number of fused-ring (bicyclic) bond motifs is 1. The van der Waals surface area contributed by atoms with Crippen molar-refractivity contribution in [2.24, 2.45) is 0 Å². The highest BCUT2D eigenvalue weighted by Gasteiger charge is 2.16. The van der Waals surface area contributed by atoms with Crippen molar-refractivity contribution >= 4 is 5.82 Å².